The number of methoxy groups -OCH3 is 2. The summed E-state index contributed by atoms with van der Waals surface area (Å²) in [5.74, 6) is 1.10. The molecule has 0 saturated carbocycles. The molecular weight excluding hydrogens is 272 g/mol. The standard InChI is InChI=1S/C15H22N2O4/c1-19-13-4-3-10(7-14(13)20-2)5-6-17-15(18)11-8-21-9-12(11)16/h3-4,7,11-12H,5-6,8-9,16H2,1-2H3,(H,17,18). The highest BCUT2D eigenvalue weighted by Gasteiger charge is 2.30. The van der Waals surface area contributed by atoms with Gasteiger partial charge in [-0.15, -0.1) is 0 Å². The Balaban J connectivity index is 1.84. The van der Waals surface area contributed by atoms with Crippen LogP contribution in [0.25, 0.3) is 0 Å². The summed E-state index contributed by atoms with van der Waals surface area (Å²) in [6.07, 6.45) is 0.717. The van der Waals surface area contributed by atoms with Crippen molar-refractivity contribution in [2.45, 2.75) is 12.5 Å². The van der Waals surface area contributed by atoms with E-state index in [1.54, 1.807) is 14.2 Å². The van der Waals surface area contributed by atoms with Gasteiger partial charge in [0.15, 0.2) is 11.5 Å². The lowest BCUT2D eigenvalue weighted by Crippen LogP contribution is -2.41. The van der Waals surface area contributed by atoms with Gasteiger partial charge in [0.2, 0.25) is 5.91 Å². The second-order valence-corrected chi connectivity index (χ2v) is 5.04. The number of rotatable bonds is 6. The van der Waals surface area contributed by atoms with Crippen molar-refractivity contribution in [2.75, 3.05) is 34.0 Å². The fraction of sp³-hybridized carbons (Fsp3) is 0.533. The summed E-state index contributed by atoms with van der Waals surface area (Å²) in [5.41, 5.74) is 6.89. The summed E-state index contributed by atoms with van der Waals surface area (Å²) < 4.78 is 15.6. The van der Waals surface area contributed by atoms with E-state index >= 15 is 0 Å². The maximum Gasteiger partial charge on any atom is 0.227 e. The van der Waals surface area contributed by atoms with Gasteiger partial charge >= 0.3 is 0 Å². The van der Waals surface area contributed by atoms with Gasteiger partial charge in [0.25, 0.3) is 0 Å². The number of benzene rings is 1. The minimum absolute atomic E-state index is 0.0412. The van der Waals surface area contributed by atoms with E-state index in [1.165, 1.54) is 0 Å². The van der Waals surface area contributed by atoms with Crippen LogP contribution in [0.4, 0.5) is 0 Å². The van der Waals surface area contributed by atoms with E-state index in [1.807, 2.05) is 18.2 Å². The predicted octanol–water partition coefficient (Wildman–Crippen LogP) is 0.336. The van der Waals surface area contributed by atoms with Gasteiger partial charge in [0, 0.05) is 12.6 Å². The summed E-state index contributed by atoms with van der Waals surface area (Å²) in [7, 11) is 3.20. The number of carbonyl (C=O) groups excluding carboxylic acids is 1. The van der Waals surface area contributed by atoms with Crippen LogP contribution in [0.5, 0.6) is 11.5 Å². The molecule has 0 bridgehead atoms. The SMILES string of the molecule is COc1ccc(CCNC(=O)C2COCC2N)cc1OC. The number of carbonyl (C=O) groups is 1. The molecule has 0 radical (unpaired) electrons. The Morgan fingerprint density at radius 1 is 1.33 bits per heavy atom. The fourth-order valence-corrected chi connectivity index (χ4v) is 2.34. The molecule has 3 N–H and O–H groups in total. The zero-order valence-electron chi connectivity index (χ0n) is 12.4. The Kier molecular flexibility index (Phi) is 5.41. The van der Waals surface area contributed by atoms with Gasteiger partial charge in [-0.1, -0.05) is 6.07 Å². The molecule has 1 saturated heterocycles. The Morgan fingerprint density at radius 3 is 2.71 bits per heavy atom. The first-order valence-electron chi connectivity index (χ1n) is 6.97. The summed E-state index contributed by atoms with van der Waals surface area (Å²) >= 11 is 0. The first-order valence-corrected chi connectivity index (χ1v) is 6.97. The molecule has 6 heteroatoms. The van der Waals surface area contributed by atoms with E-state index in [4.69, 9.17) is 19.9 Å². The molecule has 2 rings (SSSR count). The molecule has 1 aliphatic heterocycles. The largest absolute Gasteiger partial charge is 0.493 e. The highest BCUT2D eigenvalue weighted by molar-refractivity contribution is 5.79. The molecule has 1 aromatic rings. The monoisotopic (exact) mass is 294 g/mol. The van der Waals surface area contributed by atoms with Crippen LogP contribution >= 0.6 is 0 Å². The van der Waals surface area contributed by atoms with Gasteiger partial charge in [0.05, 0.1) is 33.4 Å². The van der Waals surface area contributed by atoms with Crippen LogP contribution in [0.1, 0.15) is 5.56 Å². The molecule has 1 amide bonds. The topological polar surface area (TPSA) is 82.8 Å². The van der Waals surface area contributed by atoms with Crippen LogP contribution in [0.2, 0.25) is 0 Å². The van der Waals surface area contributed by atoms with E-state index in [-0.39, 0.29) is 17.9 Å². The van der Waals surface area contributed by atoms with Crippen molar-refractivity contribution in [2.24, 2.45) is 11.7 Å². The van der Waals surface area contributed by atoms with E-state index < -0.39 is 0 Å². The second kappa shape index (κ2) is 7.28. The maximum atomic E-state index is 12.0. The molecule has 1 heterocycles. The lowest BCUT2D eigenvalue weighted by atomic mass is 10.0. The molecule has 0 aromatic heterocycles. The van der Waals surface area contributed by atoms with Crippen molar-refractivity contribution in [3.05, 3.63) is 23.8 Å². The molecule has 116 valence electrons. The highest BCUT2D eigenvalue weighted by atomic mass is 16.5. The van der Waals surface area contributed by atoms with Gasteiger partial charge in [-0.25, -0.2) is 0 Å². The average molecular weight is 294 g/mol. The third-order valence-electron chi connectivity index (χ3n) is 3.62. The smallest absolute Gasteiger partial charge is 0.227 e. The number of ether oxygens (including phenoxy) is 3. The number of hydrogen-bond acceptors (Lipinski definition) is 5. The normalized spacial score (nSPS) is 21.1. The number of hydrogen-bond donors (Lipinski definition) is 2. The van der Waals surface area contributed by atoms with Crippen LogP contribution in [-0.4, -0.2) is 45.9 Å². The zero-order chi connectivity index (χ0) is 15.2. The molecule has 6 nitrogen and oxygen atoms in total. The Hall–Kier alpha value is -1.79. The maximum absolute atomic E-state index is 12.0. The Bertz CT molecular complexity index is 493. The van der Waals surface area contributed by atoms with Crippen LogP contribution in [0, 0.1) is 5.92 Å². The van der Waals surface area contributed by atoms with Gasteiger partial charge in [-0.3, -0.25) is 4.79 Å². The predicted molar refractivity (Wildman–Crippen MR) is 78.5 cm³/mol. The van der Waals surface area contributed by atoms with Crippen molar-refractivity contribution >= 4 is 5.91 Å². The van der Waals surface area contributed by atoms with Crippen molar-refractivity contribution in [1.82, 2.24) is 5.32 Å². The van der Waals surface area contributed by atoms with E-state index in [9.17, 15) is 4.79 Å². The lowest BCUT2D eigenvalue weighted by molar-refractivity contribution is -0.125. The van der Waals surface area contributed by atoms with E-state index in [2.05, 4.69) is 5.32 Å². The summed E-state index contributed by atoms with van der Waals surface area (Å²) in [6, 6.07) is 5.52. The Morgan fingerprint density at radius 2 is 2.10 bits per heavy atom. The molecule has 2 unspecified atom stereocenters. The second-order valence-electron chi connectivity index (χ2n) is 5.04. The molecule has 1 fully saturated rings. The van der Waals surface area contributed by atoms with E-state index in [0.717, 1.165) is 12.0 Å². The van der Waals surface area contributed by atoms with Crippen LogP contribution in [-0.2, 0) is 16.0 Å². The number of nitrogens with two attached hydrogens (primary N) is 1. The van der Waals surface area contributed by atoms with Gasteiger partial charge < -0.3 is 25.3 Å². The van der Waals surface area contributed by atoms with Crippen LogP contribution < -0.4 is 20.5 Å². The molecule has 1 aromatic carbocycles. The van der Waals surface area contributed by atoms with Crippen LogP contribution in [0.15, 0.2) is 18.2 Å². The quantitative estimate of drug-likeness (QED) is 0.790. The van der Waals surface area contributed by atoms with Crippen molar-refractivity contribution in [3.8, 4) is 11.5 Å². The molecule has 0 aliphatic carbocycles. The van der Waals surface area contributed by atoms with Gasteiger partial charge in [-0.05, 0) is 24.1 Å². The number of amides is 1. The molecule has 2 atom stereocenters. The van der Waals surface area contributed by atoms with Crippen molar-refractivity contribution in [1.29, 1.82) is 0 Å². The Labute approximate surface area is 124 Å². The third-order valence-corrected chi connectivity index (χ3v) is 3.62. The van der Waals surface area contributed by atoms with Gasteiger partial charge in [-0.2, -0.15) is 0 Å². The summed E-state index contributed by atoms with van der Waals surface area (Å²) in [5, 5.41) is 2.90. The van der Waals surface area contributed by atoms with E-state index in [0.29, 0.717) is 31.3 Å². The third kappa shape index (κ3) is 3.86. The molecule has 0 spiro atoms. The van der Waals surface area contributed by atoms with Crippen LogP contribution in [0.3, 0.4) is 0 Å². The lowest BCUT2D eigenvalue weighted by Gasteiger charge is -2.14. The summed E-state index contributed by atoms with van der Waals surface area (Å²) in [4.78, 5) is 12.0. The first-order chi connectivity index (χ1) is 10.2. The van der Waals surface area contributed by atoms with Crippen molar-refractivity contribution in [3.63, 3.8) is 0 Å². The fourth-order valence-electron chi connectivity index (χ4n) is 2.34. The molecule has 1 aliphatic rings. The first kappa shape index (κ1) is 15.6. The minimum Gasteiger partial charge on any atom is -0.493 e. The minimum atomic E-state index is -0.240. The molecule has 21 heavy (non-hydrogen) atoms. The van der Waals surface area contributed by atoms with Gasteiger partial charge in [0.1, 0.15) is 0 Å². The number of nitrogens with one attached hydrogen (secondary N) is 1. The molecular formula is C15H22N2O4. The average Bonchev–Trinajstić information content (AvgIpc) is 2.93. The summed E-state index contributed by atoms with van der Waals surface area (Å²) in [6.45, 7) is 1.41. The van der Waals surface area contributed by atoms with Crippen molar-refractivity contribution < 1.29 is 19.0 Å². The highest BCUT2D eigenvalue weighted by Crippen LogP contribution is 2.27. The zero-order valence-corrected chi connectivity index (χ0v) is 12.4.